The molecule has 3 N–H and O–H groups in total. The van der Waals surface area contributed by atoms with Gasteiger partial charge in [0, 0.05) is 40.7 Å². The molecule has 5 rings (SSSR count). The Morgan fingerprint density at radius 1 is 0.810 bits per heavy atom. The van der Waals surface area contributed by atoms with E-state index in [-0.39, 0.29) is 24.5 Å². The molecule has 0 aliphatic heterocycles. The van der Waals surface area contributed by atoms with Crippen molar-refractivity contribution in [2.24, 2.45) is 0 Å². The maximum atomic E-state index is 13.5. The predicted molar refractivity (Wildman–Crippen MR) is 164 cm³/mol. The fourth-order valence-corrected chi connectivity index (χ4v) is 5.15. The SMILES string of the molecule is O=C(CCCS(=O)(=O)O)c1ccc(N[C@@H](Cc2ccccc2)C(=O)Nc2ccc(-c3cc4ccccc4o3)cc2)cc1. The van der Waals surface area contributed by atoms with E-state index in [0.717, 1.165) is 27.9 Å². The Bertz CT molecular complexity index is 1750. The summed E-state index contributed by atoms with van der Waals surface area (Å²) < 4.78 is 36.6. The molecule has 42 heavy (non-hydrogen) atoms. The van der Waals surface area contributed by atoms with Crippen LogP contribution in [0.3, 0.4) is 0 Å². The van der Waals surface area contributed by atoms with Crippen molar-refractivity contribution in [3.05, 3.63) is 120 Å². The topological polar surface area (TPSA) is 126 Å². The van der Waals surface area contributed by atoms with Crippen LogP contribution in [0.2, 0.25) is 0 Å². The molecule has 0 saturated carbocycles. The van der Waals surface area contributed by atoms with E-state index in [1.54, 1.807) is 24.3 Å². The van der Waals surface area contributed by atoms with E-state index in [9.17, 15) is 18.0 Å². The molecule has 5 aromatic rings. The number of anilines is 2. The molecule has 0 bridgehead atoms. The third-order valence-corrected chi connectivity index (χ3v) is 7.62. The van der Waals surface area contributed by atoms with Crippen LogP contribution in [0.4, 0.5) is 11.4 Å². The summed E-state index contributed by atoms with van der Waals surface area (Å²) in [6, 6.07) is 33.0. The molecule has 9 heteroatoms. The first-order valence-corrected chi connectivity index (χ1v) is 15.1. The fraction of sp³-hybridized carbons (Fsp3) is 0.152. The van der Waals surface area contributed by atoms with Crippen molar-refractivity contribution in [3.8, 4) is 11.3 Å². The first kappa shape index (κ1) is 28.8. The third-order valence-electron chi connectivity index (χ3n) is 6.82. The van der Waals surface area contributed by atoms with Crippen LogP contribution in [0.5, 0.6) is 0 Å². The van der Waals surface area contributed by atoms with Crippen LogP contribution in [0, 0.1) is 0 Å². The molecule has 0 radical (unpaired) electrons. The summed E-state index contributed by atoms with van der Waals surface area (Å²) in [4.78, 5) is 25.9. The number of amides is 1. The van der Waals surface area contributed by atoms with Crippen molar-refractivity contribution in [3.63, 3.8) is 0 Å². The maximum absolute atomic E-state index is 13.5. The summed E-state index contributed by atoms with van der Waals surface area (Å²) in [5.74, 6) is -0.161. The molecule has 0 saturated heterocycles. The van der Waals surface area contributed by atoms with E-state index in [1.807, 2.05) is 84.9 Å². The largest absolute Gasteiger partial charge is 0.456 e. The second-order valence-corrected chi connectivity index (χ2v) is 11.6. The van der Waals surface area contributed by atoms with Gasteiger partial charge >= 0.3 is 0 Å². The van der Waals surface area contributed by atoms with Gasteiger partial charge in [0.05, 0.1) is 5.75 Å². The minimum absolute atomic E-state index is 0.000731. The molecule has 0 spiro atoms. The number of fused-ring (bicyclic) bond motifs is 1. The highest BCUT2D eigenvalue weighted by Crippen LogP contribution is 2.28. The quantitative estimate of drug-likeness (QED) is 0.112. The number of Topliss-reactive ketones (excluding diaryl/α,β-unsaturated/α-hetero) is 1. The molecule has 1 heterocycles. The molecule has 8 nitrogen and oxygen atoms in total. The van der Waals surface area contributed by atoms with Gasteiger partial charge in [0.15, 0.2) is 5.78 Å². The maximum Gasteiger partial charge on any atom is 0.264 e. The second kappa shape index (κ2) is 12.8. The number of para-hydroxylation sites is 1. The van der Waals surface area contributed by atoms with Crippen LogP contribution in [-0.2, 0) is 21.3 Å². The Kier molecular flexibility index (Phi) is 8.80. The zero-order valence-electron chi connectivity index (χ0n) is 22.7. The number of furan rings is 1. The number of nitrogens with one attached hydrogen (secondary N) is 2. The van der Waals surface area contributed by atoms with Gasteiger partial charge < -0.3 is 15.1 Å². The number of rotatable bonds is 12. The summed E-state index contributed by atoms with van der Waals surface area (Å²) in [5.41, 5.74) is 4.41. The molecular weight excluding hydrogens is 552 g/mol. The van der Waals surface area contributed by atoms with Gasteiger partial charge in [0.1, 0.15) is 17.4 Å². The highest BCUT2D eigenvalue weighted by molar-refractivity contribution is 7.85. The zero-order valence-corrected chi connectivity index (χ0v) is 23.5. The molecule has 1 amide bonds. The molecule has 0 fully saturated rings. The van der Waals surface area contributed by atoms with Gasteiger partial charge in [-0.05, 0) is 72.6 Å². The van der Waals surface area contributed by atoms with E-state index in [0.29, 0.717) is 23.4 Å². The lowest BCUT2D eigenvalue weighted by molar-refractivity contribution is -0.116. The van der Waals surface area contributed by atoms with Crippen molar-refractivity contribution in [1.82, 2.24) is 0 Å². The van der Waals surface area contributed by atoms with Gasteiger partial charge in [0.25, 0.3) is 10.1 Å². The van der Waals surface area contributed by atoms with Gasteiger partial charge in [-0.1, -0.05) is 48.5 Å². The average Bonchev–Trinajstić information content (AvgIpc) is 3.42. The number of hydrogen-bond acceptors (Lipinski definition) is 6. The van der Waals surface area contributed by atoms with Crippen molar-refractivity contribution >= 4 is 44.2 Å². The molecule has 1 atom stereocenters. The molecule has 0 aliphatic carbocycles. The van der Waals surface area contributed by atoms with Crippen molar-refractivity contribution < 1.29 is 27.0 Å². The molecule has 4 aromatic carbocycles. The Balaban J connectivity index is 1.26. The summed E-state index contributed by atoms with van der Waals surface area (Å²) in [7, 11) is -4.10. The van der Waals surface area contributed by atoms with Crippen LogP contribution in [0.25, 0.3) is 22.3 Å². The Morgan fingerprint density at radius 3 is 2.17 bits per heavy atom. The van der Waals surface area contributed by atoms with Gasteiger partial charge in [-0.3, -0.25) is 14.1 Å². The number of carbonyl (C=O) groups is 2. The van der Waals surface area contributed by atoms with E-state index < -0.39 is 21.9 Å². The Morgan fingerprint density at radius 2 is 1.48 bits per heavy atom. The van der Waals surface area contributed by atoms with Gasteiger partial charge in [-0.15, -0.1) is 0 Å². The van der Waals surface area contributed by atoms with E-state index in [1.165, 1.54) is 0 Å². The van der Waals surface area contributed by atoms with E-state index >= 15 is 0 Å². The summed E-state index contributed by atoms with van der Waals surface area (Å²) in [6.45, 7) is 0. The smallest absolute Gasteiger partial charge is 0.264 e. The lowest BCUT2D eigenvalue weighted by Crippen LogP contribution is -2.36. The van der Waals surface area contributed by atoms with Gasteiger partial charge in [-0.2, -0.15) is 8.42 Å². The number of carbonyl (C=O) groups excluding carboxylic acids is 2. The zero-order chi connectivity index (χ0) is 29.5. The Labute approximate surface area is 244 Å². The van der Waals surface area contributed by atoms with Gasteiger partial charge in [0.2, 0.25) is 5.91 Å². The molecule has 1 aromatic heterocycles. The number of benzene rings is 4. The number of hydrogen-bond donors (Lipinski definition) is 3. The van der Waals surface area contributed by atoms with E-state index in [4.69, 9.17) is 8.97 Å². The first-order valence-electron chi connectivity index (χ1n) is 13.5. The van der Waals surface area contributed by atoms with Crippen LogP contribution >= 0.6 is 0 Å². The third kappa shape index (κ3) is 7.72. The van der Waals surface area contributed by atoms with Crippen LogP contribution in [-0.4, -0.2) is 36.5 Å². The average molecular weight is 583 g/mol. The Hall–Kier alpha value is -4.73. The molecule has 0 unspecified atom stereocenters. The normalized spacial score (nSPS) is 12.1. The van der Waals surface area contributed by atoms with Crippen LogP contribution in [0.1, 0.15) is 28.8 Å². The van der Waals surface area contributed by atoms with E-state index in [2.05, 4.69) is 10.6 Å². The number of ketones is 1. The monoisotopic (exact) mass is 582 g/mol. The van der Waals surface area contributed by atoms with Crippen LogP contribution in [0.15, 0.2) is 114 Å². The van der Waals surface area contributed by atoms with Crippen molar-refractivity contribution in [1.29, 1.82) is 0 Å². The lowest BCUT2D eigenvalue weighted by atomic mass is 10.0. The first-order chi connectivity index (χ1) is 20.2. The highest BCUT2D eigenvalue weighted by Gasteiger charge is 2.20. The minimum atomic E-state index is -4.10. The van der Waals surface area contributed by atoms with Crippen molar-refractivity contribution in [2.45, 2.75) is 25.3 Å². The molecule has 214 valence electrons. The summed E-state index contributed by atoms with van der Waals surface area (Å²) in [5, 5.41) is 7.30. The molecule has 0 aliphatic rings. The summed E-state index contributed by atoms with van der Waals surface area (Å²) >= 11 is 0. The lowest BCUT2D eigenvalue weighted by Gasteiger charge is -2.20. The summed E-state index contributed by atoms with van der Waals surface area (Å²) in [6.07, 6.45) is 0.469. The predicted octanol–water partition coefficient (Wildman–Crippen LogP) is 6.61. The van der Waals surface area contributed by atoms with Gasteiger partial charge in [-0.25, -0.2) is 0 Å². The second-order valence-electron chi connectivity index (χ2n) is 9.99. The fourth-order valence-electron chi connectivity index (χ4n) is 4.64. The highest BCUT2D eigenvalue weighted by atomic mass is 32.2. The molecular formula is C33H30N2O6S. The minimum Gasteiger partial charge on any atom is -0.456 e. The van der Waals surface area contributed by atoms with Crippen molar-refractivity contribution in [2.75, 3.05) is 16.4 Å². The standard InChI is InChI=1S/C33H30N2O6S/c36-30(10-6-20-42(38,39)40)24-12-16-27(17-13-24)34-29(21-23-7-2-1-3-8-23)33(37)35-28-18-14-25(15-19-28)32-22-26-9-4-5-11-31(26)41-32/h1-5,7-9,11-19,22,29,34H,6,10,20-21H2,(H,35,37)(H,38,39,40)/t29-/m0/s1. The van der Waals surface area contributed by atoms with Crippen LogP contribution < -0.4 is 10.6 Å².